The maximum Gasteiger partial charge on any atom is 0.331 e. The first kappa shape index (κ1) is 23.4. The molecule has 2 aromatic heterocycles. The van der Waals surface area contributed by atoms with Crippen LogP contribution in [0.1, 0.15) is 37.6 Å². The van der Waals surface area contributed by atoms with E-state index in [0.717, 1.165) is 24.0 Å². The zero-order chi connectivity index (χ0) is 24.0. The molecule has 178 valence electrons. The van der Waals surface area contributed by atoms with Crippen molar-refractivity contribution in [2.45, 2.75) is 56.6 Å². The molecule has 0 saturated heterocycles. The van der Waals surface area contributed by atoms with Crippen molar-refractivity contribution in [2.24, 2.45) is 0 Å². The van der Waals surface area contributed by atoms with E-state index in [9.17, 15) is 18.0 Å². The van der Waals surface area contributed by atoms with E-state index in [1.807, 2.05) is 25.9 Å². The summed E-state index contributed by atoms with van der Waals surface area (Å²) in [6.07, 6.45) is 2.23. The summed E-state index contributed by atoms with van der Waals surface area (Å²) in [6, 6.07) is 6.01. The number of nitrogens with one attached hydrogen (secondary N) is 1. The molecule has 0 unspecified atom stereocenters. The lowest BCUT2D eigenvalue weighted by atomic mass is 10.2. The van der Waals surface area contributed by atoms with Gasteiger partial charge in [0.2, 0.25) is 10.0 Å². The average Bonchev–Trinajstić information content (AvgIpc) is 3.31. The summed E-state index contributed by atoms with van der Waals surface area (Å²) < 4.78 is 36.3. The van der Waals surface area contributed by atoms with Crippen LogP contribution in [0.3, 0.4) is 0 Å². The molecule has 1 fully saturated rings. The molecule has 0 spiro atoms. The van der Waals surface area contributed by atoms with Crippen molar-refractivity contribution in [2.75, 3.05) is 20.6 Å². The Labute approximate surface area is 191 Å². The molecule has 11 heteroatoms. The van der Waals surface area contributed by atoms with Gasteiger partial charge in [-0.3, -0.25) is 13.9 Å². The van der Waals surface area contributed by atoms with E-state index in [2.05, 4.69) is 9.88 Å². The molecule has 1 aromatic carbocycles. The lowest BCUT2D eigenvalue weighted by Gasteiger charge is -2.16. The molecule has 1 saturated carbocycles. The van der Waals surface area contributed by atoms with Gasteiger partial charge < -0.3 is 9.42 Å². The van der Waals surface area contributed by atoms with E-state index in [4.69, 9.17) is 4.52 Å². The van der Waals surface area contributed by atoms with E-state index in [0.29, 0.717) is 29.9 Å². The zero-order valence-electron chi connectivity index (χ0n) is 19.3. The predicted molar refractivity (Wildman–Crippen MR) is 124 cm³/mol. The van der Waals surface area contributed by atoms with Gasteiger partial charge in [-0.15, -0.1) is 0 Å². The predicted octanol–water partition coefficient (Wildman–Crippen LogP) is 1.29. The Morgan fingerprint density at radius 3 is 2.52 bits per heavy atom. The summed E-state index contributed by atoms with van der Waals surface area (Å²) in [5.74, 6) is 0.373. The Morgan fingerprint density at radius 1 is 1.18 bits per heavy atom. The van der Waals surface area contributed by atoms with Crippen LogP contribution in [0.25, 0.3) is 10.9 Å². The molecule has 0 aliphatic heterocycles. The van der Waals surface area contributed by atoms with Gasteiger partial charge in [-0.1, -0.05) is 5.16 Å². The minimum atomic E-state index is -3.80. The summed E-state index contributed by atoms with van der Waals surface area (Å²) in [6.45, 7) is 4.64. The number of hydrogen-bond acceptors (Lipinski definition) is 7. The van der Waals surface area contributed by atoms with Gasteiger partial charge in [-0.2, -0.15) is 0 Å². The molecule has 1 N–H and O–H groups in total. The Balaban J connectivity index is 1.85. The third-order valence-electron chi connectivity index (χ3n) is 5.87. The highest BCUT2D eigenvalue weighted by atomic mass is 32.2. The average molecular weight is 476 g/mol. The lowest BCUT2D eigenvalue weighted by Crippen LogP contribution is -2.41. The van der Waals surface area contributed by atoms with Crippen molar-refractivity contribution in [3.05, 3.63) is 56.6 Å². The first-order valence-corrected chi connectivity index (χ1v) is 12.4. The summed E-state index contributed by atoms with van der Waals surface area (Å²) in [7, 11) is 0.0820. The molecule has 0 atom stereocenters. The van der Waals surface area contributed by atoms with Gasteiger partial charge in [0, 0.05) is 18.2 Å². The molecule has 0 radical (unpaired) electrons. The van der Waals surface area contributed by atoms with Crippen molar-refractivity contribution >= 4 is 20.9 Å². The molecule has 1 aliphatic carbocycles. The molecular formula is C22H29N5O5S. The first-order valence-electron chi connectivity index (χ1n) is 10.9. The van der Waals surface area contributed by atoms with Crippen molar-refractivity contribution in [1.82, 2.24) is 23.9 Å². The first-order chi connectivity index (χ1) is 15.5. The molecule has 10 nitrogen and oxygen atoms in total. The Hall–Kier alpha value is -2.76. The standard InChI is InChI=1S/C22H29N5O5S/c1-15-12-16(32-23-15)14-27-20(28)18-13-17(33(30,31)24-22(2)8-9-22)6-7-19(18)26(21(27)29)11-5-10-25(3)4/h6-7,12-13,24H,5,8-11,14H2,1-4H3. The summed E-state index contributed by atoms with van der Waals surface area (Å²) in [5.41, 5.74) is -0.436. The van der Waals surface area contributed by atoms with Gasteiger partial charge in [0.15, 0.2) is 5.76 Å². The number of hydrogen-bond donors (Lipinski definition) is 1. The number of fused-ring (bicyclic) bond motifs is 1. The maximum atomic E-state index is 13.3. The van der Waals surface area contributed by atoms with E-state index in [1.165, 1.54) is 16.7 Å². The minimum absolute atomic E-state index is 0.000718. The highest BCUT2D eigenvalue weighted by Gasteiger charge is 2.41. The number of nitrogens with zero attached hydrogens (tertiary/aromatic N) is 4. The van der Waals surface area contributed by atoms with Gasteiger partial charge >= 0.3 is 5.69 Å². The van der Waals surface area contributed by atoms with E-state index < -0.39 is 26.8 Å². The van der Waals surface area contributed by atoms with Gasteiger partial charge in [0.1, 0.15) is 0 Å². The van der Waals surface area contributed by atoms with Crippen LogP contribution in [0.15, 0.2) is 43.3 Å². The van der Waals surface area contributed by atoms with Crippen molar-refractivity contribution < 1.29 is 12.9 Å². The van der Waals surface area contributed by atoms with Crippen molar-refractivity contribution in [3.8, 4) is 0 Å². The number of aryl methyl sites for hydroxylation is 2. The van der Waals surface area contributed by atoms with Gasteiger partial charge in [0.05, 0.1) is 28.0 Å². The van der Waals surface area contributed by atoms with Crippen LogP contribution < -0.4 is 16.0 Å². The zero-order valence-corrected chi connectivity index (χ0v) is 20.1. The molecule has 4 rings (SSSR count). The van der Waals surface area contributed by atoms with Crippen LogP contribution in [0.5, 0.6) is 0 Å². The van der Waals surface area contributed by atoms with E-state index >= 15 is 0 Å². The molecule has 33 heavy (non-hydrogen) atoms. The van der Waals surface area contributed by atoms with Crippen LogP contribution in [0, 0.1) is 6.92 Å². The monoisotopic (exact) mass is 475 g/mol. The smallest absolute Gasteiger partial charge is 0.331 e. The molecular weight excluding hydrogens is 446 g/mol. The Morgan fingerprint density at radius 2 is 1.91 bits per heavy atom. The maximum absolute atomic E-state index is 13.3. The van der Waals surface area contributed by atoms with Crippen molar-refractivity contribution in [1.29, 1.82) is 0 Å². The highest BCUT2D eigenvalue weighted by molar-refractivity contribution is 7.89. The number of aromatic nitrogens is 3. The van der Waals surface area contributed by atoms with Gasteiger partial charge in [0.25, 0.3) is 5.56 Å². The fraction of sp³-hybridized carbons (Fsp3) is 0.500. The van der Waals surface area contributed by atoms with E-state index in [-0.39, 0.29) is 16.8 Å². The van der Waals surface area contributed by atoms with Gasteiger partial charge in [-0.05, 0) is 71.9 Å². The van der Waals surface area contributed by atoms with Crippen LogP contribution in [-0.4, -0.2) is 53.8 Å². The fourth-order valence-corrected chi connectivity index (χ4v) is 5.28. The van der Waals surface area contributed by atoms with Crippen LogP contribution in [0.4, 0.5) is 0 Å². The summed E-state index contributed by atoms with van der Waals surface area (Å²) >= 11 is 0. The molecule has 0 amide bonds. The SMILES string of the molecule is Cc1cc(Cn2c(=O)c3cc(S(=O)(=O)NC4(C)CC4)ccc3n(CCCN(C)C)c2=O)on1. The third-order valence-corrected chi connectivity index (χ3v) is 7.50. The summed E-state index contributed by atoms with van der Waals surface area (Å²) in [4.78, 5) is 28.6. The largest absolute Gasteiger partial charge is 0.359 e. The van der Waals surface area contributed by atoms with Crippen LogP contribution in [-0.2, 0) is 23.1 Å². The third kappa shape index (κ3) is 4.94. The van der Waals surface area contributed by atoms with Crippen LogP contribution >= 0.6 is 0 Å². The molecule has 3 aromatic rings. The quantitative estimate of drug-likeness (QED) is 0.495. The number of benzene rings is 1. The highest BCUT2D eigenvalue weighted by Crippen LogP contribution is 2.36. The Bertz CT molecular complexity index is 1410. The molecule has 2 heterocycles. The second-order valence-electron chi connectivity index (χ2n) is 9.26. The topological polar surface area (TPSA) is 119 Å². The van der Waals surface area contributed by atoms with Crippen LogP contribution in [0.2, 0.25) is 0 Å². The minimum Gasteiger partial charge on any atom is -0.359 e. The number of sulfonamides is 1. The van der Waals surface area contributed by atoms with E-state index in [1.54, 1.807) is 19.1 Å². The normalized spacial score (nSPS) is 15.4. The fourth-order valence-electron chi connectivity index (χ4n) is 3.79. The summed E-state index contributed by atoms with van der Waals surface area (Å²) in [5, 5.41) is 3.99. The molecule has 1 aliphatic rings. The second kappa shape index (κ2) is 8.54. The lowest BCUT2D eigenvalue weighted by molar-refractivity contribution is 0.365. The Kier molecular flexibility index (Phi) is 6.06. The number of rotatable bonds is 9. The van der Waals surface area contributed by atoms with Gasteiger partial charge in [-0.25, -0.2) is 17.9 Å². The second-order valence-corrected chi connectivity index (χ2v) is 10.9. The van der Waals surface area contributed by atoms with Crippen molar-refractivity contribution in [3.63, 3.8) is 0 Å². The molecule has 0 bridgehead atoms.